The lowest BCUT2D eigenvalue weighted by Crippen LogP contribution is -2.21. The van der Waals surface area contributed by atoms with Gasteiger partial charge in [0.25, 0.3) is 0 Å². The number of nitrogen functional groups attached to an aromatic ring is 1. The van der Waals surface area contributed by atoms with Crippen molar-refractivity contribution in [1.29, 1.82) is 0 Å². The van der Waals surface area contributed by atoms with Gasteiger partial charge in [0.05, 0.1) is 0 Å². The smallest absolute Gasteiger partial charge is 0.180 e. The van der Waals surface area contributed by atoms with Crippen LogP contribution in [-0.2, 0) is 6.54 Å². The van der Waals surface area contributed by atoms with Crippen molar-refractivity contribution in [3.05, 3.63) is 33.5 Å². The number of rotatable bonds is 3. The summed E-state index contributed by atoms with van der Waals surface area (Å²) in [6.07, 6.45) is 4.46. The summed E-state index contributed by atoms with van der Waals surface area (Å²) >= 11 is 3.38. The number of aromatic nitrogens is 1. The number of nitrogens with two attached hydrogens (primary N) is 1. The molecule has 6 heteroatoms. The van der Waals surface area contributed by atoms with Crippen molar-refractivity contribution in [2.24, 2.45) is 0 Å². The number of anilines is 1. The van der Waals surface area contributed by atoms with Crippen molar-refractivity contribution >= 4 is 40.2 Å². The summed E-state index contributed by atoms with van der Waals surface area (Å²) < 4.78 is 0. The average molecular weight is 302 g/mol. The van der Waals surface area contributed by atoms with Crippen molar-refractivity contribution in [2.45, 2.75) is 25.4 Å². The highest BCUT2D eigenvalue weighted by atomic mass is 35.5. The number of likely N-dealkylation sites (tertiary alicyclic amines) is 1. The number of thiazole rings is 1. The first-order chi connectivity index (χ1) is 8.33. The monoisotopic (exact) mass is 301 g/mol. The highest BCUT2D eigenvalue weighted by Gasteiger charge is 2.26. The summed E-state index contributed by atoms with van der Waals surface area (Å²) in [7, 11) is 0. The molecule has 0 bridgehead atoms. The molecule has 0 spiro atoms. The van der Waals surface area contributed by atoms with Crippen LogP contribution < -0.4 is 5.73 Å². The van der Waals surface area contributed by atoms with E-state index >= 15 is 0 Å². The van der Waals surface area contributed by atoms with E-state index in [2.05, 4.69) is 26.7 Å². The van der Waals surface area contributed by atoms with Crippen LogP contribution in [0.25, 0.3) is 0 Å². The number of hydrogen-bond donors (Lipinski definition) is 1. The fourth-order valence-corrected chi connectivity index (χ4v) is 3.87. The van der Waals surface area contributed by atoms with E-state index in [1.54, 1.807) is 22.7 Å². The van der Waals surface area contributed by atoms with Gasteiger partial charge in [0.2, 0.25) is 0 Å². The zero-order valence-corrected chi connectivity index (χ0v) is 12.4. The molecule has 1 fully saturated rings. The quantitative estimate of drug-likeness (QED) is 0.943. The fourth-order valence-electron chi connectivity index (χ4n) is 2.45. The Kier molecular flexibility index (Phi) is 4.61. The largest absolute Gasteiger partial charge is 0.375 e. The van der Waals surface area contributed by atoms with Crippen molar-refractivity contribution in [2.75, 3.05) is 12.3 Å². The Morgan fingerprint density at radius 2 is 2.39 bits per heavy atom. The van der Waals surface area contributed by atoms with E-state index in [4.69, 9.17) is 5.73 Å². The van der Waals surface area contributed by atoms with E-state index in [0.29, 0.717) is 11.2 Å². The van der Waals surface area contributed by atoms with E-state index < -0.39 is 0 Å². The molecule has 0 saturated carbocycles. The summed E-state index contributed by atoms with van der Waals surface area (Å²) in [5, 5.41) is 5.10. The standard InChI is InChI=1S/C12H15N3S2.ClH/c13-12-14-6-10(17-12)7-15-4-1-2-11(15)9-3-5-16-8-9;/h3,5-6,8,11H,1-2,4,7H2,(H2,13,14);1H. The number of thiophene rings is 1. The molecule has 3 nitrogen and oxygen atoms in total. The summed E-state index contributed by atoms with van der Waals surface area (Å²) in [5.41, 5.74) is 7.14. The van der Waals surface area contributed by atoms with Crippen molar-refractivity contribution in [3.63, 3.8) is 0 Å². The third-order valence-corrected chi connectivity index (χ3v) is 4.73. The lowest BCUT2D eigenvalue weighted by atomic mass is 10.1. The Labute approximate surface area is 121 Å². The van der Waals surface area contributed by atoms with Crippen molar-refractivity contribution in [1.82, 2.24) is 9.88 Å². The summed E-state index contributed by atoms with van der Waals surface area (Å²) in [6.45, 7) is 2.16. The van der Waals surface area contributed by atoms with Crippen LogP contribution in [0.15, 0.2) is 23.0 Å². The van der Waals surface area contributed by atoms with Gasteiger partial charge in [0.1, 0.15) is 0 Å². The maximum atomic E-state index is 5.67. The van der Waals surface area contributed by atoms with Gasteiger partial charge in [-0.25, -0.2) is 4.98 Å². The Morgan fingerprint density at radius 1 is 1.50 bits per heavy atom. The van der Waals surface area contributed by atoms with Gasteiger partial charge in [-0.3, -0.25) is 4.90 Å². The Bertz CT molecular complexity index is 483. The Balaban J connectivity index is 0.00000120. The van der Waals surface area contributed by atoms with Crippen LogP contribution in [0.5, 0.6) is 0 Å². The highest BCUT2D eigenvalue weighted by Crippen LogP contribution is 2.34. The Morgan fingerprint density at radius 3 is 3.06 bits per heavy atom. The first kappa shape index (κ1) is 13.8. The van der Waals surface area contributed by atoms with E-state index in [1.807, 2.05) is 6.20 Å². The highest BCUT2D eigenvalue weighted by molar-refractivity contribution is 7.15. The summed E-state index contributed by atoms with van der Waals surface area (Å²) in [6, 6.07) is 2.83. The fraction of sp³-hybridized carbons (Fsp3) is 0.417. The van der Waals surface area contributed by atoms with Crippen molar-refractivity contribution < 1.29 is 0 Å². The van der Waals surface area contributed by atoms with Gasteiger partial charge in [-0.2, -0.15) is 11.3 Å². The SMILES string of the molecule is Cl.Nc1ncc(CN2CCCC2c2ccsc2)s1. The minimum Gasteiger partial charge on any atom is -0.375 e. The lowest BCUT2D eigenvalue weighted by molar-refractivity contribution is 0.251. The molecule has 2 aromatic heterocycles. The minimum atomic E-state index is 0. The third-order valence-electron chi connectivity index (χ3n) is 3.22. The molecule has 3 rings (SSSR count). The van der Waals surface area contributed by atoms with Crippen LogP contribution in [0.2, 0.25) is 0 Å². The zero-order valence-electron chi connectivity index (χ0n) is 9.91. The number of halogens is 1. The molecule has 2 N–H and O–H groups in total. The molecular formula is C12H16ClN3S2. The van der Waals surface area contributed by atoms with Crippen LogP contribution >= 0.6 is 35.1 Å². The summed E-state index contributed by atoms with van der Waals surface area (Å²) in [4.78, 5) is 7.92. The molecule has 0 aromatic carbocycles. The van der Waals surface area contributed by atoms with Gasteiger partial charge in [0.15, 0.2) is 5.13 Å². The zero-order chi connectivity index (χ0) is 11.7. The van der Waals surface area contributed by atoms with Crippen LogP contribution in [0.4, 0.5) is 5.13 Å². The van der Waals surface area contributed by atoms with Gasteiger partial charge >= 0.3 is 0 Å². The molecule has 1 aliphatic heterocycles. The van der Waals surface area contributed by atoms with E-state index in [-0.39, 0.29) is 12.4 Å². The second-order valence-corrected chi connectivity index (χ2v) is 6.28. The summed E-state index contributed by atoms with van der Waals surface area (Å²) in [5.74, 6) is 0. The maximum absolute atomic E-state index is 5.67. The molecule has 1 atom stereocenters. The molecule has 1 unspecified atom stereocenters. The molecule has 0 aliphatic carbocycles. The van der Waals surface area contributed by atoms with E-state index in [1.165, 1.54) is 29.8 Å². The van der Waals surface area contributed by atoms with E-state index in [9.17, 15) is 0 Å². The van der Waals surface area contributed by atoms with Crippen LogP contribution in [0.3, 0.4) is 0 Å². The molecule has 0 amide bonds. The topological polar surface area (TPSA) is 42.1 Å². The molecule has 2 aromatic rings. The molecule has 1 aliphatic rings. The average Bonchev–Trinajstić information content (AvgIpc) is 3.00. The maximum Gasteiger partial charge on any atom is 0.180 e. The minimum absolute atomic E-state index is 0. The predicted octanol–water partition coefficient (Wildman–Crippen LogP) is 3.55. The van der Waals surface area contributed by atoms with Crippen LogP contribution in [0.1, 0.15) is 29.3 Å². The molecule has 1 saturated heterocycles. The van der Waals surface area contributed by atoms with Crippen LogP contribution in [0, 0.1) is 0 Å². The van der Waals surface area contributed by atoms with Crippen molar-refractivity contribution in [3.8, 4) is 0 Å². The number of nitrogens with zero attached hydrogens (tertiary/aromatic N) is 2. The third kappa shape index (κ3) is 2.85. The Hall–Kier alpha value is -0.620. The predicted molar refractivity (Wildman–Crippen MR) is 80.5 cm³/mol. The normalized spacial score (nSPS) is 19.9. The first-order valence-electron chi connectivity index (χ1n) is 5.79. The van der Waals surface area contributed by atoms with Gasteiger partial charge in [-0.15, -0.1) is 23.7 Å². The van der Waals surface area contributed by atoms with Gasteiger partial charge < -0.3 is 5.73 Å². The molecule has 98 valence electrons. The molecule has 18 heavy (non-hydrogen) atoms. The van der Waals surface area contributed by atoms with Crippen LogP contribution in [-0.4, -0.2) is 16.4 Å². The lowest BCUT2D eigenvalue weighted by Gasteiger charge is -2.22. The molecule has 0 radical (unpaired) electrons. The second kappa shape index (κ2) is 6.02. The molecular weight excluding hydrogens is 286 g/mol. The van der Waals surface area contributed by atoms with Gasteiger partial charge in [-0.05, 0) is 41.8 Å². The van der Waals surface area contributed by atoms with Gasteiger partial charge in [-0.1, -0.05) is 0 Å². The van der Waals surface area contributed by atoms with E-state index in [0.717, 1.165) is 6.54 Å². The first-order valence-corrected chi connectivity index (χ1v) is 7.55. The van der Waals surface area contributed by atoms with Gasteiger partial charge in [0, 0.05) is 23.7 Å². The second-order valence-electron chi connectivity index (χ2n) is 4.35. The number of hydrogen-bond acceptors (Lipinski definition) is 5. The molecule has 3 heterocycles.